The lowest BCUT2D eigenvalue weighted by Crippen LogP contribution is -2.09. The van der Waals surface area contributed by atoms with E-state index >= 15 is 0 Å². The first-order valence-corrected chi connectivity index (χ1v) is 4.72. The normalized spacial score (nSPS) is 12.5. The lowest BCUT2D eigenvalue weighted by Gasteiger charge is -2.11. The third kappa shape index (κ3) is 2.25. The molecule has 0 spiro atoms. The first kappa shape index (κ1) is 11.0. The number of benzene rings is 1. The van der Waals surface area contributed by atoms with E-state index in [-0.39, 0.29) is 11.6 Å². The number of hydrogen-bond donors (Lipinski definition) is 2. The van der Waals surface area contributed by atoms with Crippen LogP contribution in [0.2, 0.25) is 5.02 Å². The van der Waals surface area contributed by atoms with E-state index in [0.29, 0.717) is 5.02 Å². The van der Waals surface area contributed by atoms with Crippen molar-refractivity contribution in [2.75, 3.05) is 0 Å². The summed E-state index contributed by atoms with van der Waals surface area (Å²) in [4.78, 5) is 10.6. The molecule has 1 aromatic rings. The monoisotopic (exact) mass is 213 g/mol. The van der Waals surface area contributed by atoms with Gasteiger partial charge < -0.3 is 10.8 Å². The van der Waals surface area contributed by atoms with Crippen LogP contribution in [0.1, 0.15) is 35.3 Å². The Kier molecular flexibility index (Phi) is 3.49. The summed E-state index contributed by atoms with van der Waals surface area (Å²) in [7, 11) is 0. The fraction of sp³-hybridized carbons (Fsp3) is 0.300. The molecule has 0 unspecified atom stereocenters. The minimum atomic E-state index is -0.983. The number of carboxylic acids is 1. The van der Waals surface area contributed by atoms with Gasteiger partial charge in [0.15, 0.2) is 0 Å². The Bertz CT molecular complexity index is 352. The molecular weight excluding hydrogens is 202 g/mol. The maximum absolute atomic E-state index is 10.6. The van der Waals surface area contributed by atoms with Crippen molar-refractivity contribution in [3.05, 3.63) is 34.3 Å². The molecule has 1 atom stereocenters. The third-order valence-electron chi connectivity index (χ3n) is 2.09. The molecule has 0 aliphatic rings. The van der Waals surface area contributed by atoms with Crippen molar-refractivity contribution >= 4 is 17.6 Å². The molecule has 1 rings (SSSR count). The largest absolute Gasteiger partial charge is 0.478 e. The van der Waals surface area contributed by atoms with Crippen LogP contribution in [0.3, 0.4) is 0 Å². The minimum Gasteiger partial charge on any atom is -0.478 e. The summed E-state index contributed by atoms with van der Waals surface area (Å²) < 4.78 is 0. The smallest absolute Gasteiger partial charge is 0.335 e. The van der Waals surface area contributed by atoms with Gasteiger partial charge in [-0.15, -0.1) is 0 Å². The quantitative estimate of drug-likeness (QED) is 0.811. The SMILES string of the molecule is CC[C@H](N)c1ccc(C(=O)O)cc1Cl. The minimum absolute atomic E-state index is 0.134. The highest BCUT2D eigenvalue weighted by atomic mass is 35.5. The Balaban J connectivity index is 3.07. The fourth-order valence-corrected chi connectivity index (χ4v) is 1.50. The van der Waals surface area contributed by atoms with Gasteiger partial charge in [0, 0.05) is 11.1 Å². The Morgan fingerprint density at radius 3 is 2.71 bits per heavy atom. The topological polar surface area (TPSA) is 63.3 Å². The predicted octanol–water partition coefficient (Wildman–Crippen LogP) is 2.45. The Morgan fingerprint density at radius 1 is 1.64 bits per heavy atom. The van der Waals surface area contributed by atoms with E-state index in [0.717, 1.165) is 12.0 Å². The van der Waals surface area contributed by atoms with E-state index in [9.17, 15) is 4.79 Å². The van der Waals surface area contributed by atoms with Crippen LogP contribution in [-0.2, 0) is 0 Å². The summed E-state index contributed by atoms with van der Waals surface area (Å²) in [5.41, 5.74) is 6.76. The molecule has 76 valence electrons. The van der Waals surface area contributed by atoms with Crippen LogP contribution < -0.4 is 5.73 Å². The Labute approximate surface area is 87.5 Å². The van der Waals surface area contributed by atoms with E-state index in [2.05, 4.69) is 0 Å². The molecule has 1 aromatic carbocycles. The number of nitrogens with two attached hydrogens (primary N) is 1. The molecule has 0 aromatic heterocycles. The summed E-state index contributed by atoms with van der Waals surface area (Å²) in [5.74, 6) is -0.983. The summed E-state index contributed by atoms with van der Waals surface area (Å²) in [6, 6.07) is 4.47. The fourth-order valence-electron chi connectivity index (χ4n) is 1.18. The van der Waals surface area contributed by atoms with E-state index in [1.165, 1.54) is 12.1 Å². The van der Waals surface area contributed by atoms with Crippen molar-refractivity contribution in [1.29, 1.82) is 0 Å². The van der Waals surface area contributed by atoms with Crippen LogP contribution in [0.15, 0.2) is 18.2 Å². The highest BCUT2D eigenvalue weighted by molar-refractivity contribution is 6.31. The molecule has 0 fully saturated rings. The average Bonchev–Trinajstić information content (AvgIpc) is 2.16. The van der Waals surface area contributed by atoms with Gasteiger partial charge in [-0.1, -0.05) is 24.6 Å². The van der Waals surface area contributed by atoms with Crippen molar-refractivity contribution < 1.29 is 9.90 Å². The number of rotatable bonds is 3. The van der Waals surface area contributed by atoms with Crippen LogP contribution in [0, 0.1) is 0 Å². The van der Waals surface area contributed by atoms with E-state index in [1.807, 2.05) is 6.92 Å². The highest BCUT2D eigenvalue weighted by Crippen LogP contribution is 2.24. The first-order valence-electron chi connectivity index (χ1n) is 4.34. The van der Waals surface area contributed by atoms with Crippen molar-refractivity contribution in [2.45, 2.75) is 19.4 Å². The zero-order valence-corrected chi connectivity index (χ0v) is 8.58. The summed E-state index contributed by atoms with van der Waals surface area (Å²) in [5, 5.41) is 9.12. The second-order valence-electron chi connectivity index (χ2n) is 3.06. The van der Waals surface area contributed by atoms with Crippen LogP contribution in [0.25, 0.3) is 0 Å². The molecule has 3 N–H and O–H groups in total. The molecule has 0 saturated heterocycles. The summed E-state index contributed by atoms with van der Waals surface area (Å²) >= 11 is 5.90. The summed E-state index contributed by atoms with van der Waals surface area (Å²) in [6.45, 7) is 1.95. The van der Waals surface area contributed by atoms with Crippen molar-refractivity contribution in [3.63, 3.8) is 0 Å². The van der Waals surface area contributed by atoms with E-state index in [4.69, 9.17) is 22.4 Å². The lowest BCUT2D eigenvalue weighted by atomic mass is 10.0. The maximum atomic E-state index is 10.6. The Hall–Kier alpha value is -1.06. The molecule has 3 nitrogen and oxygen atoms in total. The first-order chi connectivity index (χ1) is 6.56. The maximum Gasteiger partial charge on any atom is 0.335 e. The Morgan fingerprint density at radius 2 is 2.29 bits per heavy atom. The second kappa shape index (κ2) is 4.44. The van der Waals surface area contributed by atoms with E-state index in [1.54, 1.807) is 6.07 Å². The number of hydrogen-bond acceptors (Lipinski definition) is 2. The van der Waals surface area contributed by atoms with Crippen molar-refractivity contribution in [2.24, 2.45) is 5.73 Å². The zero-order valence-electron chi connectivity index (χ0n) is 7.83. The number of halogens is 1. The van der Waals surface area contributed by atoms with Gasteiger partial charge in [0.1, 0.15) is 0 Å². The van der Waals surface area contributed by atoms with Gasteiger partial charge in [-0.25, -0.2) is 4.79 Å². The van der Waals surface area contributed by atoms with Gasteiger partial charge in [-0.05, 0) is 24.1 Å². The average molecular weight is 214 g/mol. The molecule has 0 saturated carbocycles. The second-order valence-corrected chi connectivity index (χ2v) is 3.46. The molecule has 0 heterocycles. The van der Waals surface area contributed by atoms with Crippen LogP contribution in [0.5, 0.6) is 0 Å². The molecule has 0 aliphatic heterocycles. The lowest BCUT2D eigenvalue weighted by molar-refractivity contribution is 0.0697. The van der Waals surface area contributed by atoms with Gasteiger partial charge in [0.05, 0.1) is 5.56 Å². The van der Waals surface area contributed by atoms with Gasteiger partial charge >= 0.3 is 5.97 Å². The molecule has 0 bridgehead atoms. The van der Waals surface area contributed by atoms with Gasteiger partial charge in [0.2, 0.25) is 0 Å². The molecule has 0 amide bonds. The van der Waals surface area contributed by atoms with E-state index < -0.39 is 5.97 Å². The van der Waals surface area contributed by atoms with Crippen LogP contribution in [0.4, 0.5) is 0 Å². The molecule has 0 aliphatic carbocycles. The zero-order chi connectivity index (χ0) is 10.7. The van der Waals surface area contributed by atoms with Crippen molar-refractivity contribution in [1.82, 2.24) is 0 Å². The molecule has 0 radical (unpaired) electrons. The van der Waals surface area contributed by atoms with Gasteiger partial charge in [0.25, 0.3) is 0 Å². The van der Waals surface area contributed by atoms with Crippen LogP contribution in [-0.4, -0.2) is 11.1 Å². The number of carboxylic acid groups (broad SMARTS) is 1. The van der Waals surface area contributed by atoms with Crippen molar-refractivity contribution in [3.8, 4) is 0 Å². The summed E-state index contributed by atoms with van der Waals surface area (Å²) in [6.07, 6.45) is 0.770. The third-order valence-corrected chi connectivity index (χ3v) is 2.41. The van der Waals surface area contributed by atoms with Gasteiger partial charge in [-0.3, -0.25) is 0 Å². The highest BCUT2D eigenvalue weighted by Gasteiger charge is 2.10. The number of carbonyl (C=O) groups is 1. The van der Waals surface area contributed by atoms with Crippen LogP contribution >= 0.6 is 11.6 Å². The van der Waals surface area contributed by atoms with Gasteiger partial charge in [-0.2, -0.15) is 0 Å². The number of aromatic carboxylic acids is 1. The predicted molar refractivity (Wildman–Crippen MR) is 55.6 cm³/mol. The standard InChI is InChI=1S/C10H12ClNO2/c1-2-9(12)7-4-3-6(10(13)14)5-8(7)11/h3-5,9H,2,12H2,1H3,(H,13,14)/t9-/m0/s1. The molecular formula is C10H12ClNO2. The molecule has 14 heavy (non-hydrogen) atoms. The molecule has 4 heteroatoms.